The Morgan fingerprint density at radius 1 is 1.10 bits per heavy atom. The van der Waals surface area contributed by atoms with Gasteiger partial charge in [-0.2, -0.15) is 0 Å². The number of hydrogen-bond donors (Lipinski definition) is 1. The Morgan fingerprint density at radius 2 is 1.71 bits per heavy atom. The summed E-state index contributed by atoms with van der Waals surface area (Å²) in [6.45, 7) is 8.78. The first-order chi connectivity index (χ1) is 9.86. The number of hydrogen-bond acceptors (Lipinski definition) is 1. The standard InChI is InChI=1S/C19H23IO/c1-5-19(3,4)15-11-9-14(10-12-15)18(21)16-8-6-7-13(2)17(16)20/h6-12,18,21H,5H2,1-4H3. The van der Waals surface area contributed by atoms with E-state index in [2.05, 4.69) is 80.6 Å². The molecule has 0 aromatic heterocycles. The highest BCUT2D eigenvalue weighted by Gasteiger charge is 2.19. The summed E-state index contributed by atoms with van der Waals surface area (Å²) in [5.41, 5.74) is 4.64. The molecule has 0 radical (unpaired) electrons. The van der Waals surface area contributed by atoms with Gasteiger partial charge in [0, 0.05) is 3.57 Å². The topological polar surface area (TPSA) is 20.2 Å². The van der Waals surface area contributed by atoms with Gasteiger partial charge in [0.15, 0.2) is 0 Å². The van der Waals surface area contributed by atoms with Crippen LogP contribution in [0.25, 0.3) is 0 Å². The molecule has 0 saturated heterocycles. The summed E-state index contributed by atoms with van der Waals surface area (Å²) in [5.74, 6) is 0. The lowest BCUT2D eigenvalue weighted by Gasteiger charge is -2.24. The summed E-state index contributed by atoms with van der Waals surface area (Å²) < 4.78 is 1.14. The number of rotatable bonds is 4. The van der Waals surface area contributed by atoms with E-state index in [-0.39, 0.29) is 5.41 Å². The second-order valence-electron chi connectivity index (χ2n) is 6.24. The number of aliphatic hydroxyl groups is 1. The molecule has 112 valence electrons. The van der Waals surface area contributed by atoms with E-state index in [0.29, 0.717) is 0 Å². The van der Waals surface area contributed by atoms with Crippen LogP contribution in [0.3, 0.4) is 0 Å². The molecular weight excluding hydrogens is 371 g/mol. The molecule has 0 amide bonds. The normalized spacial score (nSPS) is 13.2. The maximum atomic E-state index is 10.6. The van der Waals surface area contributed by atoms with Crippen molar-refractivity contribution in [2.24, 2.45) is 0 Å². The Hall–Kier alpha value is -0.870. The van der Waals surface area contributed by atoms with Gasteiger partial charge < -0.3 is 5.11 Å². The summed E-state index contributed by atoms with van der Waals surface area (Å²) in [6, 6.07) is 14.5. The molecule has 0 saturated carbocycles. The fourth-order valence-corrected chi connectivity index (χ4v) is 3.04. The zero-order valence-corrected chi connectivity index (χ0v) is 15.3. The SMILES string of the molecule is CCC(C)(C)c1ccc(C(O)c2cccc(C)c2I)cc1. The van der Waals surface area contributed by atoms with Crippen LogP contribution in [-0.4, -0.2) is 5.11 Å². The van der Waals surface area contributed by atoms with Crippen LogP contribution in [-0.2, 0) is 5.41 Å². The van der Waals surface area contributed by atoms with Gasteiger partial charge in [0.25, 0.3) is 0 Å². The zero-order valence-electron chi connectivity index (χ0n) is 13.2. The van der Waals surface area contributed by atoms with E-state index >= 15 is 0 Å². The third-order valence-electron chi connectivity index (χ3n) is 4.41. The van der Waals surface area contributed by atoms with Crippen molar-refractivity contribution in [3.05, 3.63) is 68.3 Å². The quantitative estimate of drug-likeness (QED) is 0.692. The third kappa shape index (κ3) is 3.49. The molecule has 0 spiro atoms. The predicted octanol–water partition coefficient (Wildman–Crippen LogP) is 5.37. The van der Waals surface area contributed by atoms with Crippen molar-refractivity contribution >= 4 is 22.6 Å². The fraction of sp³-hybridized carbons (Fsp3) is 0.368. The Morgan fingerprint density at radius 3 is 2.29 bits per heavy atom. The molecule has 21 heavy (non-hydrogen) atoms. The highest BCUT2D eigenvalue weighted by Crippen LogP contribution is 2.31. The van der Waals surface area contributed by atoms with Crippen molar-refractivity contribution in [2.75, 3.05) is 0 Å². The van der Waals surface area contributed by atoms with Gasteiger partial charge in [0.2, 0.25) is 0 Å². The van der Waals surface area contributed by atoms with Crippen LogP contribution < -0.4 is 0 Å². The Kier molecular flexibility index (Phi) is 5.10. The van der Waals surface area contributed by atoms with Crippen molar-refractivity contribution in [1.29, 1.82) is 0 Å². The van der Waals surface area contributed by atoms with E-state index in [1.54, 1.807) is 0 Å². The first kappa shape index (κ1) is 16.5. The molecule has 0 fully saturated rings. The van der Waals surface area contributed by atoms with Crippen LogP contribution in [0.5, 0.6) is 0 Å². The number of aliphatic hydroxyl groups excluding tert-OH is 1. The molecule has 2 aromatic carbocycles. The predicted molar refractivity (Wildman–Crippen MR) is 97.7 cm³/mol. The Balaban J connectivity index is 2.32. The molecule has 0 bridgehead atoms. The molecule has 0 aliphatic carbocycles. The maximum Gasteiger partial charge on any atom is 0.105 e. The molecule has 1 unspecified atom stereocenters. The molecule has 1 atom stereocenters. The third-order valence-corrected chi connectivity index (χ3v) is 5.88. The molecule has 0 heterocycles. The van der Waals surface area contributed by atoms with Crippen LogP contribution >= 0.6 is 22.6 Å². The molecule has 2 heteroatoms. The van der Waals surface area contributed by atoms with Crippen molar-refractivity contribution in [3.8, 4) is 0 Å². The lowest BCUT2D eigenvalue weighted by Crippen LogP contribution is -2.15. The highest BCUT2D eigenvalue weighted by atomic mass is 127. The van der Waals surface area contributed by atoms with Crippen LogP contribution in [0.2, 0.25) is 0 Å². The van der Waals surface area contributed by atoms with Gasteiger partial charge in [-0.3, -0.25) is 0 Å². The smallest absolute Gasteiger partial charge is 0.105 e. The Labute approximate surface area is 141 Å². The van der Waals surface area contributed by atoms with Crippen LogP contribution in [0, 0.1) is 10.5 Å². The number of aryl methyl sites for hydroxylation is 1. The van der Waals surface area contributed by atoms with E-state index in [0.717, 1.165) is 21.1 Å². The van der Waals surface area contributed by atoms with Crippen molar-refractivity contribution < 1.29 is 5.11 Å². The minimum absolute atomic E-state index is 0.182. The fourth-order valence-electron chi connectivity index (χ4n) is 2.38. The summed E-state index contributed by atoms with van der Waals surface area (Å²) >= 11 is 2.31. The van der Waals surface area contributed by atoms with Gasteiger partial charge >= 0.3 is 0 Å². The summed E-state index contributed by atoms with van der Waals surface area (Å²) in [5, 5.41) is 10.6. The number of halogens is 1. The van der Waals surface area contributed by atoms with Crippen LogP contribution in [0.4, 0.5) is 0 Å². The van der Waals surface area contributed by atoms with Gasteiger partial charge in [-0.15, -0.1) is 0 Å². The van der Waals surface area contributed by atoms with Gasteiger partial charge in [-0.1, -0.05) is 63.2 Å². The van der Waals surface area contributed by atoms with E-state index < -0.39 is 6.10 Å². The first-order valence-electron chi connectivity index (χ1n) is 7.40. The summed E-state index contributed by atoms with van der Waals surface area (Å²) in [6.07, 6.45) is 0.542. The second kappa shape index (κ2) is 6.49. The zero-order chi connectivity index (χ0) is 15.6. The van der Waals surface area contributed by atoms with Crippen molar-refractivity contribution in [3.63, 3.8) is 0 Å². The second-order valence-corrected chi connectivity index (χ2v) is 7.32. The van der Waals surface area contributed by atoms with E-state index in [4.69, 9.17) is 0 Å². The minimum atomic E-state index is -0.560. The molecule has 2 rings (SSSR count). The van der Waals surface area contributed by atoms with Crippen LogP contribution in [0.1, 0.15) is 55.5 Å². The molecule has 2 aromatic rings. The van der Waals surface area contributed by atoms with Crippen molar-refractivity contribution in [2.45, 2.75) is 45.6 Å². The summed E-state index contributed by atoms with van der Waals surface area (Å²) in [7, 11) is 0. The van der Waals surface area contributed by atoms with Crippen LogP contribution in [0.15, 0.2) is 42.5 Å². The van der Waals surface area contributed by atoms with E-state index in [9.17, 15) is 5.11 Å². The average Bonchev–Trinajstić information content (AvgIpc) is 2.49. The molecule has 1 nitrogen and oxygen atoms in total. The highest BCUT2D eigenvalue weighted by molar-refractivity contribution is 14.1. The van der Waals surface area contributed by atoms with E-state index in [1.165, 1.54) is 11.1 Å². The Bertz CT molecular complexity index is 614. The molecular formula is C19H23IO. The lowest BCUT2D eigenvalue weighted by molar-refractivity contribution is 0.219. The van der Waals surface area contributed by atoms with Gasteiger partial charge in [0.05, 0.1) is 0 Å². The maximum absolute atomic E-state index is 10.6. The minimum Gasteiger partial charge on any atom is -0.384 e. The summed E-state index contributed by atoms with van der Waals surface area (Å²) in [4.78, 5) is 0. The molecule has 1 N–H and O–H groups in total. The average molecular weight is 394 g/mol. The molecule has 0 aliphatic heterocycles. The largest absolute Gasteiger partial charge is 0.384 e. The van der Waals surface area contributed by atoms with Gasteiger partial charge in [-0.25, -0.2) is 0 Å². The van der Waals surface area contributed by atoms with E-state index in [1.807, 2.05) is 12.1 Å². The first-order valence-corrected chi connectivity index (χ1v) is 8.48. The van der Waals surface area contributed by atoms with Gasteiger partial charge in [-0.05, 0) is 63.6 Å². The molecule has 0 aliphatic rings. The van der Waals surface area contributed by atoms with Crippen molar-refractivity contribution in [1.82, 2.24) is 0 Å². The number of benzene rings is 2. The van der Waals surface area contributed by atoms with Gasteiger partial charge in [0.1, 0.15) is 6.10 Å². The lowest BCUT2D eigenvalue weighted by atomic mass is 9.81. The monoisotopic (exact) mass is 394 g/mol.